The lowest BCUT2D eigenvalue weighted by Gasteiger charge is -2.12. The molecule has 6 heteroatoms. The van der Waals surface area contributed by atoms with Crippen molar-refractivity contribution in [1.29, 1.82) is 0 Å². The normalized spacial score (nSPS) is 11.1. The van der Waals surface area contributed by atoms with E-state index in [4.69, 9.17) is 0 Å². The molecule has 0 aliphatic carbocycles. The summed E-state index contributed by atoms with van der Waals surface area (Å²) in [5, 5.41) is 4.31. The van der Waals surface area contributed by atoms with Gasteiger partial charge in [-0.1, -0.05) is 12.1 Å². The standard InChI is InChI=1S/C15H17BrIN3O/c1-10-5-4-6-11(13(10)17)15(21)14-12(16)9-18-20(14)8-7-19(2)3/h4-6,9H,7-8H2,1-3H3. The van der Waals surface area contributed by atoms with Crippen LogP contribution in [0, 0.1) is 10.5 Å². The van der Waals surface area contributed by atoms with Crippen molar-refractivity contribution in [1.82, 2.24) is 14.7 Å². The third-order valence-electron chi connectivity index (χ3n) is 3.21. The van der Waals surface area contributed by atoms with E-state index in [1.165, 1.54) is 0 Å². The van der Waals surface area contributed by atoms with Gasteiger partial charge in [-0.05, 0) is 71.2 Å². The number of aromatic nitrogens is 2. The van der Waals surface area contributed by atoms with Crippen LogP contribution in [0.15, 0.2) is 28.9 Å². The molecule has 0 aliphatic rings. The second kappa shape index (κ2) is 7.02. The highest BCUT2D eigenvalue weighted by molar-refractivity contribution is 14.1. The summed E-state index contributed by atoms with van der Waals surface area (Å²) in [7, 11) is 4.01. The van der Waals surface area contributed by atoms with Crippen molar-refractivity contribution >= 4 is 44.3 Å². The zero-order valence-electron chi connectivity index (χ0n) is 12.2. The van der Waals surface area contributed by atoms with Crippen LogP contribution in [0.5, 0.6) is 0 Å². The van der Waals surface area contributed by atoms with Crippen molar-refractivity contribution < 1.29 is 4.79 Å². The van der Waals surface area contributed by atoms with Crippen LogP contribution in [0.25, 0.3) is 0 Å². The summed E-state index contributed by atoms with van der Waals surface area (Å²) in [6, 6.07) is 5.79. The molecule has 0 saturated heterocycles. The fourth-order valence-corrected chi connectivity index (χ4v) is 3.08. The summed E-state index contributed by atoms with van der Waals surface area (Å²) in [5.74, 6) is 0.00577. The number of rotatable bonds is 5. The molecule has 21 heavy (non-hydrogen) atoms. The first-order chi connectivity index (χ1) is 9.91. The van der Waals surface area contributed by atoms with E-state index >= 15 is 0 Å². The average molecular weight is 462 g/mol. The van der Waals surface area contributed by atoms with Gasteiger partial charge in [-0.25, -0.2) is 0 Å². The zero-order valence-corrected chi connectivity index (χ0v) is 16.0. The summed E-state index contributed by atoms with van der Waals surface area (Å²) in [4.78, 5) is 14.9. The van der Waals surface area contributed by atoms with Gasteiger partial charge in [-0.2, -0.15) is 5.10 Å². The number of nitrogens with zero attached hydrogens (tertiary/aromatic N) is 3. The minimum Gasteiger partial charge on any atom is -0.308 e. The van der Waals surface area contributed by atoms with Crippen molar-refractivity contribution in [3.05, 3.63) is 49.3 Å². The van der Waals surface area contributed by atoms with Crippen LogP contribution in [-0.2, 0) is 6.54 Å². The lowest BCUT2D eigenvalue weighted by atomic mass is 10.1. The molecule has 0 bridgehead atoms. The summed E-state index contributed by atoms with van der Waals surface area (Å²) >= 11 is 5.67. The second-order valence-electron chi connectivity index (χ2n) is 5.13. The molecule has 2 aromatic rings. The predicted octanol–water partition coefficient (Wildman–Crippen LogP) is 3.35. The molecule has 4 nitrogen and oxygen atoms in total. The molecule has 0 saturated carbocycles. The number of aryl methyl sites for hydroxylation is 1. The number of hydrogen-bond donors (Lipinski definition) is 0. The number of halogens is 2. The Balaban J connectivity index is 2.39. The minimum atomic E-state index is 0.00577. The Hall–Kier alpha value is -0.730. The molecule has 0 radical (unpaired) electrons. The van der Waals surface area contributed by atoms with Crippen LogP contribution in [-0.4, -0.2) is 41.1 Å². The topological polar surface area (TPSA) is 38.1 Å². The zero-order chi connectivity index (χ0) is 15.6. The summed E-state index contributed by atoms with van der Waals surface area (Å²) in [5.41, 5.74) is 2.44. The van der Waals surface area contributed by atoms with Crippen LogP contribution in [0.4, 0.5) is 0 Å². The summed E-state index contributed by atoms with van der Waals surface area (Å²) in [6.45, 7) is 3.53. The summed E-state index contributed by atoms with van der Waals surface area (Å²) in [6.07, 6.45) is 1.69. The van der Waals surface area contributed by atoms with E-state index in [1.807, 2.05) is 39.2 Å². The highest BCUT2D eigenvalue weighted by atomic mass is 127. The molecule has 0 unspecified atom stereocenters. The minimum absolute atomic E-state index is 0.00577. The number of carbonyl (C=O) groups is 1. The predicted molar refractivity (Wildman–Crippen MR) is 95.8 cm³/mol. The molecule has 2 rings (SSSR count). The van der Waals surface area contributed by atoms with Gasteiger partial charge < -0.3 is 4.90 Å². The molecular weight excluding hydrogens is 445 g/mol. The fourth-order valence-electron chi connectivity index (χ4n) is 2.00. The molecule has 0 atom stereocenters. The molecule has 1 aromatic heterocycles. The van der Waals surface area contributed by atoms with Gasteiger partial charge in [-0.3, -0.25) is 9.48 Å². The smallest absolute Gasteiger partial charge is 0.213 e. The lowest BCUT2D eigenvalue weighted by molar-refractivity contribution is 0.102. The van der Waals surface area contributed by atoms with Gasteiger partial charge >= 0.3 is 0 Å². The van der Waals surface area contributed by atoms with E-state index < -0.39 is 0 Å². The van der Waals surface area contributed by atoms with Crippen molar-refractivity contribution in [2.45, 2.75) is 13.5 Å². The van der Waals surface area contributed by atoms with Crippen molar-refractivity contribution in [3.63, 3.8) is 0 Å². The van der Waals surface area contributed by atoms with Gasteiger partial charge in [0.25, 0.3) is 0 Å². The molecule has 112 valence electrons. The van der Waals surface area contributed by atoms with E-state index in [0.29, 0.717) is 12.2 Å². The maximum atomic E-state index is 12.9. The number of ketones is 1. The lowest BCUT2D eigenvalue weighted by Crippen LogP contribution is -2.22. The van der Waals surface area contributed by atoms with Crippen molar-refractivity contribution in [2.75, 3.05) is 20.6 Å². The summed E-state index contributed by atoms with van der Waals surface area (Å²) < 4.78 is 3.50. The highest BCUT2D eigenvalue weighted by Crippen LogP contribution is 2.24. The first kappa shape index (κ1) is 16.6. The molecule has 0 spiro atoms. The molecule has 0 aliphatic heterocycles. The first-order valence-electron chi connectivity index (χ1n) is 6.57. The van der Waals surface area contributed by atoms with Gasteiger partial charge in [0.2, 0.25) is 5.78 Å². The van der Waals surface area contributed by atoms with Gasteiger partial charge in [-0.15, -0.1) is 0 Å². The molecule has 0 fully saturated rings. The van der Waals surface area contributed by atoms with Gasteiger partial charge in [0.15, 0.2) is 0 Å². The Bertz CT molecular complexity index is 667. The van der Waals surface area contributed by atoms with Crippen LogP contribution >= 0.6 is 38.5 Å². The van der Waals surface area contributed by atoms with E-state index in [9.17, 15) is 4.79 Å². The first-order valence-corrected chi connectivity index (χ1v) is 8.45. The van der Waals surface area contributed by atoms with Crippen LogP contribution in [0.1, 0.15) is 21.6 Å². The highest BCUT2D eigenvalue weighted by Gasteiger charge is 2.21. The molecule has 1 aromatic carbocycles. The largest absolute Gasteiger partial charge is 0.308 e. The van der Waals surface area contributed by atoms with Gasteiger partial charge in [0.1, 0.15) is 5.69 Å². The second-order valence-corrected chi connectivity index (χ2v) is 7.07. The third-order valence-corrected chi connectivity index (χ3v) is 5.22. The third kappa shape index (κ3) is 3.73. The maximum Gasteiger partial charge on any atom is 0.213 e. The average Bonchev–Trinajstić information content (AvgIpc) is 2.80. The Labute approximate surface area is 146 Å². The van der Waals surface area contributed by atoms with E-state index in [2.05, 4.69) is 48.5 Å². The Morgan fingerprint density at radius 1 is 1.43 bits per heavy atom. The SMILES string of the molecule is Cc1cccc(C(=O)c2c(Br)cnn2CCN(C)C)c1I. The number of hydrogen-bond acceptors (Lipinski definition) is 3. The molecule has 0 N–H and O–H groups in total. The van der Waals surface area contributed by atoms with Crippen molar-refractivity contribution in [2.24, 2.45) is 0 Å². The van der Waals surface area contributed by atoms with Crippen LogP contribution < -0.4 is 0 Å². The Morgan fingerprint density at radius 3 is 2.81 bits per heavy atom. The number of likely N-dealkylation sites (N-methyl/N-ethyl adjacent to an activating group) is 1. The van der Waals surface area contributed by atoms with E-state index in [-0.39, 0.29) is 5.78 Å². The fraction of sp³-hybridized carbons (Fsp3) is 0.333. The Kier molecular flexibility index (Phi) is 5.56. The quantitative estimate of drug-likeness (QED) is 0.506. The van der Waals surface area contributed by atoms with Crippen molar-refractivity contribution in [3.8, 4) is 0 Å². The maximum absolute atomic E-state index is 12.9. The molecule has 1 heterocycles. The molecule has 0 amide bonds. The number of carbonyl (C=O) groups excluding carboxylic acids is 1. The van der Waals surface area contributed by atoms with Gasteiger partial charge in [0.05, 0.1) is 17.2 Å². The van der Waals surface area contributed by atoms with E-state index in [1.54, 1.807) is 10.9 Å². The van der Waals surface area contributed by atoms with Gasteiger partial charge in [0, 0.05) is 15.7 Å². The Morgan fingerprint density at radius 2 is 2.14 bits per heavy atom. The van der Waals surface area contributed by atoms with Crippen LogP contribution in [0.3, 0.4) is 0 Å². The monoisotopic (exact) mass is 461 g/mol. The molecular formula is C15H17BrIN3O. The van der Waals surface area contributed by atoms with E-state index in [0.717, 1.165) is 25.7 Å². The number of benzene rings is 1. The van der Waals surface area contributed by atoms with Crippen LogP contribution in [0.2, 0.25) is 0 Å².